The summed E-state index contributed by atoms with van der Waals surface area (Å²) in [6.07, 6.45) is 0.0460. The Morgan fingerprint density at radius 3 is 2.60 bits per heavy atom. The average Bonchev–Trinajstić information content (AvgIpc) is 2.73. The molecule has 0 radical (unpaired) electrons. The maximum atomic E-state index is 13.4. The molecule has 0 saturated carbocycles. The molecule has 7 heteroatoms. The highest BCUT2D eigenvalue weighted by Gasteiger charge is 2.35. The van der Waals surface area contributed by atoms with Crippen molar-refractivity contribution in [2.24, 2.45) is 0 Å². The first kappa shape index (κ1) is 18.9. The van der Waals surface area contributed by atoms with Gasteiger partial charge in [-0.05, 0) is 29.3 Å². The van der Waals surface area contributed by atoms with Gasteiger partial charge in [-0.1, -0.05) is 48.0 Å². The lowest BCUT2D eigenvalue weighted by Gasteiger charge is -2.39. The summed E-state index contributed by atoms with van der Waals surface area (Å²) >= 11 is 6.26. The largest absolute Gasteiger partial charge is 0.378 e. The smallest absolute Gasteiger partial charge is 0.277 e. The fraction of sp³-hybridized carbons (Fsp3) is 0.217. The predicted octanol–water partition coefficient (Wildman–Crippen LogP) is 3.36. The van der Waals surface area contributed by atoms with Crippen molar-refractivity contribution in [3.63, 3.8) is 0 Å². The standard InChI is InChI=1S/C23H20ClN3O3/c1-30-17-12-26(13-17)22(28)20-10-19(14-5-3-2-4-6-14)23(29)27-21(20)18-9-16(24)8-7-15(18)11-25-27/h2-10,17,25H,11-13H2,1H3. The van der Waals surface area contributed by atoms with Gasteiger partial charge < -0.3 is 15.1 Å². The number of hydrogen-bond acceptors (Lipinski definition) is 4. The van der Waals surface area contributed by atoms with Gasteiger partial charge in [-0.25, -0.2) is 4.68 Å². The van der Waals surface area contributed by atoms with Crippen molar-refractivity contribution in [2.45, 2.75) is 12.6 Å². The van der Waals surface area contributed by atoms with Gasteiger partial charge >= 0.3 is 0 Å². The number of benzene rings is 2. The molecule has 0 aliphatic carbocycles. The van der Waals surface area contributed by atoms with Gasteiger partial charge in [-0.15, -0.1) is 0 Å². The minimum absolute atomic E-state index is 0.0460. The summed E-state index contributed by atoms with van der Waals surface area (Å²) < 4.78 is 6.81. The van der Waals surface area contributed by atoms with E-state index in [-0.39, 0.29) is 17.6 Å². The summed E-state index contributed by atoms with van der Waals surface area (Å²) in [7, 11) is 1.64. The Labute approximate surface area is 178 Å². The highest BCUT2D eigenvalue weighted by molar-refractivity contribution is 6.31. The SMILES string of the molecule is COC1CN(C(=O)c2cc(-c3ccccc3)c(=O)n3c2-c2cc(Cl)ccc2CN3)C1. The van der Waals surface area contributed by atoms with Crippen LogP contribution < -0.4 is 11.0 Å². The molecular weight excluding hydrogens is 402 g/mol. The normalized spacial score (nSPS) is 15.1. The van der Waals surface area contributed by atoms with Crippen molar-refractivity contribution in [1.29, 1.82) is 0 Å². The molecule has 6 nitrogen and oxygen atoms in total. The number of likely N-dealkylation sites (tertiary alicyclic amines) is 1. The molecule has 1 N–H and O–H groups in total. The van der Waals surface area contributed by atoms with E-state index in [0.29, 0.717) is 41.5 Å². The molecule has 5 rings (SSSR count). The zero-order valence-corrected chi connectivity index (χ0v) is 17.1. The molecule has 3 aromatic rings. The van der Waals surface area contributed by atoms with Crippen LogP contribution in [0.2, 0.25) is 5.02 Å². The van der Waals surface area contributed by atoms with Gasteiger partial charge in [0.2, 0.25) is 0 Å². The Morgan fingerprint density at radius 2 is 1.87 bits per heavy atom. The van der Waals surface area contributed by atoms with Crippen LogP contribution >= 0.6 is 11.6 Å². The number of amides is 1. The van der Waals surface area contributed by atoms with Gasteiger partial charge in [0.15, 0.2) is 0 Å². The fourth-order valence-corrected chi connectivity index (χ4v) is 4.20. The second-order valence-corrected chi connectivity index (χ2v) is 7.97. The Kier molecular flexibility index (Phi) is 4.60. The van der Waals surface area contributed by atoms with Crippen LogP contribution in [0.5, 0.6) is 0 Å². The molecule has 2 aromatic carbocycles. The van der Waals surface area contributed by atoms with Crippen molar-refractivity contribution in [3.8, 4) is 22.4 Å². The molecule has 0 spiro atoms. The predicted molar refractivity (Wildman–Crippen MR) is 116 cm³/mol. The lowest BCUT2D eigenvalue weighted by Crippen LogP contribution is -2.54. The highest BCUT2D eigenvalue weighted by atomic mass is 35.5. The third-order valence-corrected chi connectivity index (χ3v) is 5.97. The molecule has 1 aromatic heterocycles. The van der Waals surface area contributed by atoms with Crippen LogP contribution in [0.3, 0.4) is 0 Å². The summed E-state index contributed by atoms with van der Waals surface area (Å²) in [6, 6.07) is 16.7. The number of hydrogen-bond donors (Lipinski definition) is 1. The Balaban J connectivity index is 1.73. The second-order valence-electron chi connectivity index (χ2n) is 7.53. The number of carbonyl (C=O) groups excluding carboxylic acids is 1. The van der Waals surface area contributed by atoms with Crippen molar-refractivity contribution >= 4 is 17.5 Å². The zero-order chi connectivity index (χ0) is 20.8. The molecule has 2 aliphatic rings. The first-order valence-electron chi connectivity index (χ1n) is 9.77. The molecule has 0 atom stereocenters. The van der Waals surface area contributed by atoms with Crippen LogP contribution in [0, 0.1) is 0 Å². The van der Waals surface area contributed by atoms with E-state index in [9.17, 15) is 9.59 Å². The fourth-order valence-electron chi connectivity index (χ4n) is 4.03. The lowest BCUT2D eigenvalue weighted by molar-refractivity contribution is -0.0191. The number of halogens is 1. The van der Waals surface area contributed by atoms with E-state index in [2.05, 4.69) is 5.43 Å². The van der Waals surface area contributed by atoms with Crippen LogP contribution in [-0.2, 0) is 11.3 Å². The molecule has 30 heavy (non-hydrogen) atoms. The number of aromatic nitrogens is 1. The summed E-state index contributed by atoms with van der Waals surface area (Å²) in [5.74, 6) is -0.126. The van der Waals surface area contributed by atoms with Crippen molar-refractivity contribution in [3.05, 3.63) is 81.1 Å². The topological polar surface area (TPSA) is 63.6 Å². The monoisotopic (exact) mass is 421 g/mol. The van der Waals surface area contributed by atoms with Gasteiger partial charge in [0.25, 0.3) is 11.5 Å². The third-order valence-electron chi connectivity index (χ3n) is 5.74. The van der Waals surface area contributed by atoms with E-state index in [1.807, 2.05) is 48.5 Å². The van der Waals surface area contributed by atoms with Crippen molar-refractivity contribution in [2.75, 3.05) is 25.6 Å². The number of carbonyl (C=O) groups is 1. The highest BCUT2D eigenvalue weighted by Crippen LogP contribution is 2.34. The molecule has 0 unspecified atom stereocenters. The molecule has 1 fully saturated rings. The summed E-state index contributed by atoms with van der Waals surface area (Å²) in [6.45, 7) is 1.54. The van der Waals surface area contributed by atoms with Gasteiger partial charge in [0.1, 0.15) is 0 Å². The summed E-state index contributed by atoms with van der Waals surface area (Å²) in [5, 5.41) is 0.559. The number of pyridine rings is 1. The Bertz CT molecular complexity index is 1200. The van der Waals surface area contributed by atoms with Gasteiger partial charge in [0, 0.05) is 36.3 Å². The first-order chi connectivity index (χ1) is 14.6. The van der Waals surface area contributed by atoms with E-state index in [1.54, 1.807) is 18.1 Å². The van der Waals surface area contributed by atoms with Crippen LogP contribution in [0.1, 0.15) is 15.9 Å². The Morgan fingerprint density at radius 1 is 1.10 bits per heavy atom. The molecule has 2 aliphatic heterocycles. The zero-order valence-electron chi connectivity index (χ0n) is 16.4. The van der Waals surface area contributed by atoms with Gasteiger partial charge in [-0.2, -0.15) is 0 Å². The number of methoxy groups -OCH3 is 1. The molecular formula is C23H20ClN3O3. The number of nitrogens with one attached hydrogen (secondary N) is 1. The van der Waals surface area contributed by atoms with Crippen molar-refractivity contribution < 1.29 is 9.53 Å². The van der Waals surface area contributed by atoms with Gasteiger partial charge in [-0.3, -0.25) is 9.59 Å². The first-order valence-corrected chi connectivity index (χ1v) is 10.1. The minimum atomic E-state index is -0.197. The number of ether oxygens (including phenoxy) is 1. The molecule has 152 valence electrons. The number of fused-ring (bicyclic) bond motifs is 3. The molecule has 1 amide bonds. The van der Waals surface area contributed by atoms with E-state index in [1.165, 1.54) is 4.68 Å². The van der Waals surface area contributed by atoms with Crippen molar-refractivity contribution in [1.82, 2.24) is 9.58 Å². The van der Waals surface area contributed by atoms with E-state index < -0.39 is 0 Å². The van der Waals surface area contributed by atoms with Crippen LogP contribution in [-0.4, -0.2) is 41.8 Å². The molecule has 0 bridgehead atoms. The van der Waals surface area contributed by atoms with E-state index >= 15 is 0 Å². The summed E-state index contributed by atoms with van der Waals surface area (Å²) in [4.78, 5) is 28.5. The lowest BCUT2D eigenvalue weighted by atomic mass is 9.94. The van der Waals surface area contributed by atoms with Crippen LogP contribution in [0.4, 0.5) is 0 Å². The summed E-state index contributed by atoms with van der Waals surface area (Å²) in [5.41, 5.74) is 7.02. The maximum absolute atomic E-state index is 13.4. The number of rotatable bonds is 3. The molecule has 1 saturated heterocycles. The van der Waals surface area contributed by atoms with Crippen LogP contribution in [0.15, 0.2) is 59.4 Å². The van der Waals surface area contributed by atoms with Crippen LogP contribution in [0.25, 0.3) is 22.4 Å². The third kappa shape index (κ3) is 3.00. The van der Waals surface area contributed by atoms with E-state index in [4.69, 9.17) is 16.3 Å². The average molecular weight is 422 g/mol. The van der Waals surface area contributed by atoms with Gasteiger partial charge in [0.05, 0.1) is 23.9 Å². The molecule has 3 heterocycles. The Hall–Kier alpha value is -3.09. The maximum Gasteiger partial charge on any atom is 0.277 e. The quantitative estimate of drug-likeness (QED) is 0.704. The van der Waals surface area contributed by atoms with E-state index in [0.717, 1.165) is 16.7 Å². The number of nitrogens with zero attached hydrogens (tertiary/aromatic N) is 2. The minimum Gasteiger partial charge on any atom is -0.378 e. The second kappa shape index (κ2) is 7.31.